The van der Waals surface area contributed by atoms with Crippen LogP contribution in [0.2, 0.25) is 0 Å². The van der Waals surface area contributed by atoms with Crippen molar-refractivity contribution in [3.05, 3.63) is 0 Å². The SMILES string of the molecule is CCCCOCCOCCOCCC(C)CO. The zero-order valence-corrected chi connectivity index (χ0v) is 11.3. The molecule has 0 bridgehead atoms. The average Bonchev–Trinajstić information content (AvgIpc) is 2.35. The number of hydrogen-bond donors (Lipinski definition) is 1. The van der Waals surface area contributed by atoms with Gasteiger partial charge in [-0.2, -0.15) is 0 Å². The minimum absolute atomic E-state index is 0.231. The highest BCUT2D eigenvalue weighted by Crippen LogP contribution is 1.99. The van der Waals surface area contributed by atoms with Gasteiger partial charge in [0, 0.05) is 19.8 Å². The number of aliphatic hydroxyl groups excluding tert-OH is 1. The van der Waals surface area contributed by atoms with Crippen LogP contribution in [0.1, 0.15) is 33.1 Å². The van der Waals surface area contributed by atoms with Crippen LogP contribution in [0, 0.1) is 5.92 Å². The van der Waals surface area contributed by atoms with Crippen LogP contribution < -0.4 is 0 Å². The van der Waals surface area contributed by atoms with Crippen molar-refractivity contribution >= 4 is 0 Å². The van der Waals surface area contributed by atoms with E-state index in [2.05, 4.69) is 6.92 Å². The van der Waals surface area contributed by atoms with Gasteiger partial charge >= 0.3 is 0 Å². The summed E-state index contributed by atoms with van der Waals surface area (Å²) in [5, 5.41) is 8.80. The Labute approximate surface area is 105 Å². The molecule has 0 saturated carbocycles. The Bertz CT molecular complexity index is 141. The zero-order valence-electron chi connectivity index (χ0n) is 11.3. The third kappa shape index (κ3) is 13.8. The lowest BCUT2D eigenvalue weighted by atomic mass is 10.1. The number of rotatable bonds is 13. The fourth-order valence-corrected chi connectivity index (χ4v) is 1.16. The Hall–Kier alpha value is -0.160. The normalized spacial score (nSPS) is 12.9. The fourth-order valence-electron chi connectivity index (χ4n) is 1.16. The van der Waals surface area contributed by atoms with Gasteiger partial charge in [-0.15, -0.1) is 0 Å². The summed E-state index contributed by atoms with van der Waals surface area (Å²) in [7, 11) is 0. The van der Waals surface area contributed by atoms with Gasteiger partial charge in [-0.25, -0.2) is 0 Å². The molecule has 17 heavy (non-hydrogen) atoms. The van der Waals surface area contributed by atoms with Crippen LogP contribution in [0.5, 0.6) is 0 Å². The first-order valence-electron chi connectivity index (χ1n) is 6.65. The van der Waals surface area contributed by atoms with Crippen LogP contribution in [0.25, 0.3) is 0 Å². The number of aliphatic hydroxyl groups is 1. The first-order valence-corrected chi connectivity index (χ1v) is 6.65. The van der Waals surface area contributed by atoms with Crippen molar-refractivity contribution < 1.29 is 19.3 Å². The molecule has 0 aliphatic rings. The van der Waals surface area contributed by atoms with Crippen LogP contribution >= 0.6 is 0 Å². The molecule has 0 amide bonds. The van der Waals surface area contributed by atoms with Crippen LogP contribution in [0.4, 0.5) is 0 Å². The van der Waals surface area contributed by atoms with E-state index in [1.54, 1.807) is 0 Å². The van der Waals surface area contributed by atoms with Crippen molar-refractivity contribution in [2.45, 2.75) is 33.1 Å². The molecule has 0 aromatic carbocycles. The fraction of sp³-hybridized carbons (Fsp3) is 1.00. The third-order valence-corrected chi connectivity index (χ3v) is 2.45. The molecular formula is C13H28O4. The van der Waals surface area contributed by atoms with E-state index in [1.807, 2.05) is 6.92 Å². The first-order chi connectivity index (χ1) is 8.31. The Balaban J connectivity index is 2.94. The van der Waals surface area contributed by atoms with Crippen LogP contribution in [-0.2, 0) is 14.2 Å². The predicted molar refractivity (Wildman–Crippen MR) is 68.2 cm³/mol. The average molecular weight is 248 g/mol. The summed E-state index contributed by atoms with van der Waals surface area (Å²) < 4.78 is 16.1. The standard InChI is InChI=1S/C13H28O4/c1-3-4-6-15-8-10-17-11-9-16-7-5-13(2)12-14/h13-14H,3-12H2,1-2H3. The van der Waals surface area contributed by atoms with Crippen molar-refractivity contribution in [3.63, 3.8) is 0 Å². The quantitative estimate of drug-likeness (QED) is 0.505. The number of hydrogen-bond acceptors (Lipinski definition) is 4. The van der Waals surface area contributed by atoms with Gasteiger partial charge in [-0.1, -0.05) is 20.3 Å². The Morgan fingerprint density at radius 1 is 0.882 bits per heavy atom. The maximum absolute atomic E-state index is 8.80. The lowest BCUT2D eigenvalue weighted by Gasteiger charge is -2.09. The molecule has 0 aromatic rings. The molecule has 0 aromatic heterocycles. The van der Waals surface area contributed by atoms with Crippen molar-refractivity contribution in [3.8, 4) is 0 Å². The number of unbranched alkanes of at least 4 members (excludes halogenated alkanes) is 1. The van der Waals surface area contributed by atoms with Gasteiger partial charge in [0.1, 0.15) is 0 Å². The van der Waals surface area contributed by atoms with E-state index in [0.717, 1.165) is 19.4 Å². The van der Waals surface area contributed by atoms with Crippen LogP contribution in [0.3, 0.4) is 0 Å². The highest BCUT2D eigenvalue weighted by molar-refractivity contribution is 4.48. The summed E-state index contributed by atoms with van der Waals surface area (Å²) in [6, 6.07) is 0. The van der Waals surface area contributed by atoms with E-state index >= 15 is 0 Å². The molecule has 1 unspecified atom stereocenters. The molecule has 0 fully saturated rings. The smallest absolute Gasteiger partial charge is 0.0701 e. The monoisotopic (exact) mass is 248 g/mol. The molecule has 0 aliphatic carbocycles. The molecule has 0 rings (SSSR count). The van der Waals surface area contributed by atoms with E-state index in [9.17, 15) is 0 Å². The Morgan fingerprint density at radius 2 is 1.41 bits per heavy atom. The topological polar surface area (TPSA) is 47.9 Å². The minimum Gasteiger partial charge on any atom is -0.396 e. The van der Waals surface area contributed by atoms with Crippen molar-refractivity contribution in [2.24, 2.45) is 5.92 Å². The lowest BCUT2D eigenvalue weighted by Crippen LogP contribution is -2.11. The van der Waals surface area contributed by atoms with E-state index in [4.69, 9.17) is 19.3 Å². The summed E-state index contributed by atoms with van der Waals surface area (Å²) in [6.45, 7) is 8.45. The van der Waals surface area contributed by atoms with Gasteiger partial charge in [0.2, 0.25) is 0 Å². The van der Waals surface area contributed by atoms with Gasteiger partial charge in [0.15, 0.2) is 0 Å². The number of ether oxygens (including phenoxy) is 3. The predicted octanol–water partition coefficient (Wildman–Crippen LogP) is 1.85. The van der Waals surface area contributed by atoms with E-state index in [1.165, 1.54) is 6.42 Å². The largest absolute Gasteiger partial charge is 0.396 e. The molecule has 0 aliphatic heterocycles. The second-order valence-corrected chi connectivity index (χ2v) is 4.27. The van der Waals surface area contributed by atoms with Crippen LogP contribution in [-0.4, -0.2) is 51.4 Å². The second-order valence-electron chi connectivity index (χ2n) is 4.27. The minimum atomic E-state index is 0.231. The summed E-state index contributed by atoms with van der Waals surface area (Å²) in [6.07, 6.45) is 3.18. The molecule has 1 N–H and O–H groups in total. The maximum Gasteiger partial charge on any atom is 0.0701 e. The third-order valence-electron chi connectivity index (χ3n) is 2.45. The maximum atomic E-state index is 8.80. The van der Waals surface area contributed by atoms with Gasteiger partial charge in [-0.05, 0) is 18.8 Å². The molecule has 4 nitrogen and oxygen atoms in total. The summed E-state index contributed by atoms with van der Waals surface area (Å²) in [4.78, 5) is 0. The molecule has 104 valence electrons. The molecule has 0 heterocycles. The van der Waals surface area contributed by atoms with Gasteiger partial charge in [0.05, 0.1) is 26.4 Å². The Kier molecular flexibility index (Phi) is 13.8. The van der Waals surface area contributed by atoms with E-state index in [0.29, 0.717) is 39.0 Å². The molecule has 0 spiro atoms. The van der Waals surface area contributed by atoms with Crippen molar-refractivity contribution in [1.82, 2.24) is 0 Å². The van der Waals surface area contributed by atoms with E-state index in [-0.39, 0.29) is 6.61 Å². The van der Waals surface area contributed by atoms with Crippen LogP contribution in [0.15, 0.2) is 0 Å². The zero-order chi connectivity index (χ0) is 12.8. The van der Waals surface area contributed by atoms with Crippen molar-refractivity contribution in [2.75, 3.05) is 46.2 Å². The van der Waals surface area contributed by atoms with E-state index < -0.39 is 0 Å². The molecule has 0 radical (unpaired) electrons. The first kappa shape index (κ1) is 16.8. The highest BCUT2D eigenvalue weighted by Gasteiger charge is 1.98. The summed E-state index contributed by atoms with van der Waals surface area (Å²) in [5.41, 5.74) is 0. The molecule has 1 atom stereocenters. The summed E-state index contributed by atoms with van der Waals surface area (Å²) >= 11 is 0. The summed E-state index contributed by atoms with van der Waals surface area (Å²) in [5.74, 6) is 0.322. The van der Waals surface area contributed by atoms with Gasteiger partial charge in [-0.3, -0.25) is 0 Å². The van der Waals surface area contributed by atoms with Crippen molar-refractivity contribution in [1.29, 1.82) is 0 Å². The Morgan fingerprint density at radius 3 is 1.94 bits per heavy atom. The van der Waals surface area contributed by atoms with Gasteiger partial charge in [0.25, 0.3) is 0 Å². The second kappa shape index (κ2) is 13.9. The highest BCUT2D eigenvalue weighted by atomic mass is 16.5. The van der Waals surface area contributed by atoms with Gasteiger partial charge < -0.3 is 19.3 Å². The molecule has 0 saturated heterocycles. The molecular weight excluding hydrogens is 220 g/mol. The molecule has 4 heteroatoms. The lowest BCUT2D eigenvalue weighted by molar-refractivity contribution is 0.0111.